The number of fused-ring (bicyclic) bond motifs is 1. The Balaban J connectivity index is 0.00000605. The highest BCUT2D eigenvalue weighted by Crippen LogP contribution is 2.49. The average Bonchev–Trinajstić information content (AvgIpc) is 3.95. The van der Waals surface area contributed by atoms with Crippen LogP contribution < -0.4 is 25.3 Å². The Labute approximate surface area is 310 Å². The first-order valence-electron chi connectivity index (χ1n) is 16.6. The largest absolute Gasteiger partial charge is 0.493 e. The molecule has 0 spiro atoms. The standard InChI is InChI=1S/C38H39F2N3O7S.ClH/c1-48-32-20-27-29(21-33(32)49-16-4-2-3-14-43-36(46)23-51-37(47)22-41)42-15-11-30(27)50-31-10-7-25(17-28(31)40)19-35(45)38(12-13-38)34(44)18-24-5-8-26(39)9-6-24;/h5-11,15,17,20-21H,2-4,12-14,16,18-19,22-23,41H2,1H3,(H,43,46);1H. The van der Waals surface area contributed by atoms with Crippen LogP contribution in [0.4, 0.5) is 8.78 Å². The van der Waals surface area contributed by atoms with Crippen LogP contribution >= 0.6 is 24.2 Å². The molecule has 1 saturated carbocycles. The zero-order valence-electron chi connectivity index (χ0n) is 28.6. The van der Waals surface area contributed by atoms with E-state index in [1.54, 1.807) is 24.3 Å². The Bertz CT molecular complexity index is 1910. The number of ether oxygens (including phenoxy) is 3. The summed E-state index contributed by atoms with van der Waals surface area (Å²) in [7, 11) is 1.51. The Hall–Kier alpha value is -4.59. The molecular weight excluding hydrogens is 716 g/mol. The maximum atomic E-state index is 15.3. The molecule has 5 rings (SSSR count). The van der Waals surface area contributed by atoms with Crippen molar-refractivity contribution in [3.8, 4) is 23.0 Å². The molecule has 1 amide bonds. The SMILES string of the molecule is COc1cc2c(Oc3ccc(CC(=O)C4(C(=O)Cc5ccc(F)cc5)CC4)cc3F)ccnc2cc1OCCCCCNC(=O)CSC(=O)CN.Cl. The van der Waals surface area contributed by atoms with Crippen LogP contribution in [0.2, 0.25) is 0 Å². The van der Waals surface area contributed by atoms with E-state index in [0.717, 1.165) is 31.0 Å². The van der Waals surface area contributed by atoms with Gasteiger partial charge in [-0.2, -0.15) is 0 Å². The highest BCUT2D eigenvalue weighted by atomic mass is 35.5. The summed E-state index contributed by atoms with van der Waals surface area (Å²) in [6.07, 6.45) is 4.64. The predicted molar refractivity (Wildman–Crippen MR) is 196 cm³/mol. The van der Waals surface area contributed by atoms with Crippen LogP contribution in [0, 0.1) is 17.0 Å². The zero-order valence-corrected chi connectivity index (χ0v) is 30.2. The van der Waals surface area contributed by atoms with Crippen LogP contribution in [0.5, 0.6) is 23.0 Å². The number of unbranched alkanes of at least 4 members (excludes halogenated alkanes) is 2. The first kappa shape index (κ1) is 40.2. The molecule has 0 bridgehead atoms. The van der Waals surface area contributed by atoms with Crippen molar-refractivity contribution in [2.75, 3.05) is 32.6 Å². The predicted octanol–water partition coefficient (Wildman–Crippen LogP) is 6.32. The third-order valence-corrected chi connectivity index (χ3v) is 9.49. The molecule has 0 aliphatic heterocycles. The minimum absolute atomic E-state index is 0. The lowest BCUT2D eigenvalue weighted by atomic mass is 9.88. The van der Waals surface area contributed by atoms with E-state index in [0.29, 0.717) is 65.3 Å². The van der Waals surface area contributed by atoms with Crippen LogP contribution in [0.3, 0.4) is 0 Å². The van der Waals surface area contributed by atoms with E-state index in [1.165, 1.54) is 49.7 Å². The molecule has 52 heavy (non-hydrogen) atoms. The molecule has 0 saturated heterocycles. The fraction of sp³-hybridized carbons (Fsp3) is 0.342. The summed E-state index contributed by atoms with van der Waals surface area (Å²) in [5.41, 5.74) is 5.76. The second-order valence-electron chi connectivity index (χ2n) is 12.2. The van der Waals surface area contributed by atoms with E-state index in [4.69, 9.17) is 19.9 Å². The van der Waals surface area contributed by atoms with Crippen LogP contribution in [0.25, 0.3) is 10.9 Å². The number of thioether (sulfide) groups is 1. The molecule has 1 aliphatic carbocycles. The van der Waals surface area contributed by atoms with Crippen LogP contribution in [0.1, 0.15) is 43.2 Å². The molecule has 0 radical (unpaired) electrons. The van der Waals surface area contributed by atoms with Gasteiger partial charge in [0.05, 0.1) is 36.9 Å². The monoisotopic (exact) mass is 755 g/mol. The first-order valence-corrected chi connectivity index (χ1v) is 17.6. The molecule has 14 heteroatoms. The number of amides is 1. The molecule has 1 fully saturated rings. The van der Waals surface area contributed by atoms with E-state index >= 15 is 4.39 Å². The van der Waals surface area contributed by atoms with E-state index in [1.807, 2.05) is 0 Å². The second kappa shape index (κ2) is 18.8. The number of hydrogen-bond acceptors (Lipinski definition) is 10. The van der Waals surface area contributed by atoms with Gasteiger partial charge in [0.2, 0.25) is 11.0 Å². The molecule has 1 aromatic heterocycles. The number of rotatable bonds is 19. The maximum Gasteiger partial charge on any atom is 0.230 e. The van der Waals surface area contributed by atoms with Gasteiger partial charge in [0.1, 0.15) is 11.6 Å². The van der Waals surface area contributed by atoms with E-state index in [-0.39, 0.29) is 65.9 Å². The third kappa shape index (κ3) is 10.5. The number of carbonyl (C=O) groups excluding carboxylic acids is 4. The summed E-state index contributed by atoms with van der Waals surface area (Å²) in [6.45, 7) is 0.795. The van der Waals surface area contributed by atoms with Gasteiger partial charge in [0, 0.05) is 37.0 Å². The number of hydrogen-bond donors (Lipinski definition) is 2. The normalized spacial score (nSPS) is 12.8. The van der Waals surface area contributed by atoms with Crippen molar-refractivity contribution in [1.29, 1.82) is 0 Å². The Morgan fingerprint density at radius 3 is 2.25 bits per heavy atom. The molecule has 3 aromatic carbocycles. The van der Waals surface area contributed by atoms with Crippen molar-refractivity contribution >= 4 is 57.7 Å². The summed E-state index contributed by atoms with van der Waals surface area (Å²) < 4.78 is 46.1. The van der Waals surface area contributed by atoms with Crippen LogP contribution in [0.15, 0.2) is 66.9 Å². The highest BCUT2D eigenvalue weighted by molar-refractivity contribution is 8.14. The van der Waals surface area contributed by atoms with Gasteiger partial charge in [-0.05, 0) is 79.6 Å². The fourth-order valence-corrected chi connectivity index (χ4v) is 6.08. The molecular formula is C38H40ClF2N3O7S. The number of pyridine rings is 1. The summed E-state index contributed by atoms with van der Waals surface area (Å²) >= 11 is 0.902. The lowest BCUT2D eigenvalue weighted by Gasteiger charge is -2.15. The number of nitrogens with zero attached hydrogens (tertiary/aromatic N) is 1. The summed E-state index contributed by atoms with van der Waals surface area (Å²) in [4.78, 5) is 53.6. The van der Waals surface area contributed by atoms with Crippen molar-refractivity contribution < 1.29 is 42.2 Å². The number of benzene rings is 3. The number of halogens is 3. The van der Waals surface area contributed by atoms with Crippen molar-refractivity contribution in [2.45, 2.75) is 44.9 Å². The van der Waals surface area contributed by atoms with Crippen LogP contribution in [-0.4, -0.2) is 60.1 Å². The maximum absolute atomic E-state index is 15.3. The van der Waals surface area contributed by atoms with E-state index in [2.05, 4.69) is 10.3 Å². The molecule has 3 N–H and O–H groups in total. The van der Waals surface area contributed by atoms with Crippen LogP contribution in [-0.2, 0) is 32.0 Å². The summed E-state index contributed by atoms with van der Waals surface area (Å²) in [5.74, 6) is -0.480. The van der Waals surface area contributed by atoms with Crippen molar-refractivity contribution in [3.63, 3.8) is 0 Å². The fourth-order valence-electron chi connectivity index (χ4n) is 5.56. The van der Waals surface area contributed by atoms with Gasteiger partial charge in [0.25, 0.3) is 0 Å². The van der Waals surface area contributed by atoms with Gasteiger partial charge in [-0.25, -0.2) is 8.78 Å². The minimum atomic E-state index is -1.08. The lowest BCUT2D eigenvalue weighted by Crippen LogP contribution is -2.28. The number of nitrogens with one attached hydrogen (secondary N) is 1. The number of Topliss-reactive ketones (excluding diaryl/α,β-unsaturated/α-hetero) is 2. The Kier molecular flexibility index (Phi) is 14.5. The molecule has 4 aromatic rings. The Morgan fingerprint density at radius 2 is 1.58 bits per heavy atom. The third-order valence-electron chi connectivity index (χ3n) is 8.60. The second-order valence-corrected chi connectivity index (χ2v) is 13.3. The average molecular weight is 756 g/mol. The highest BCUT2D eigenvalue weighted by Gasteiger charge is 2.54. The quantitative estimate of drug-likeness (QED) is 0.0823. The molecule has 276 valence electrons. The van der Waals surface area contributed by atoms with Gasteiger partial charge in [-0.15, -0.1) is 12.4 Å². The van der Waals surface area contributed by atoms with Gasteiger partial charge in [0.15, 0.2) is 34.6 Å². The van der Waals surface area contributed by atoms with Gasteiger partial charge in [-0.1, -0.05) is 30.0 Å². The van der Waals surface area contributed by atoms with Crippen molar-refractivity contribution in [2.24, 2.45) is 11.1 Å². The lowest BCUT2D eigenvalue weighted by molar-refractivity contribution is -0.134. The molecule has 10 nitrogen and oxygen atoms in total. The van der Waals surface area contributed by atoms with Gasteiger partial charge < -0.3 is 25.3 Å². The molecule has 0 atom stereocenters. The topological polar surface area (TPSA) is 147 Å². The minimum Gasteiger partial charge on any atom is -0.493 e. The first-order chi connectivity index (χ1) is 24.6. The molecule has 0 unspecified atom stereocenters. The number of carbonyl (C=O) groups is 4. The zero-order chi connectivity index (χ0) is 36.4. The van der Waals surface area contributed by atoms with Gasteiger partial charge >= 0.3 is 0 Å². The van der Waals surface area contributed by atoms with Crippen molar-refractivity contribution in [3.05, 3.63) is 89.6 Å². The van der Waals surface area contributed by atoms with Crippen molar-refractivity contribution in [1.82, 2.24) is 10.3 Å². The number of methoxy groups -OCH3 is 1. The van der Waals surface area contributed by atoms with Gasteiger partial charge in [-0.3, -0.25) is 24.2 Å². The van der Waals surface area contributed by atoms with E-state index < -0.39 is 17.0 Å². The number of ketones is 2. The smallest absolute Gasteiger partial charge is 0.230 e. The molecule has 1 heterocycles. The van der Waals surface area contributed by atoms with E-state index in [9.17, 15) is 23.6 Å². The molecule has 1 aliphatic rings. The summed E-state index contributed by atoms with van der Waals surface area (Å²) in [5, 5.41) is 3.12. The number of aromatic nitrogens is 1. The Morgan fingerprint density at radius 1 is 0.865 bits per heavy atom. The number of nitrogens with two attached hydrogens (primary N) is 1. The summed E-state index contributed by atoms with van der Waals surface area (Å²) in [6, 6.07) is 15.0.